The van der Waals surface area contributed by atoms with Gasteiger partial charge in [-0.25, -0.2) is 4.79 Å². The normalized spacial score (nSPS) is 10.5. The number of fused-ring (bicyclic) bond motifs is 1. The van der Waals surface area contributed by atoms with Crippen LogP contribution in [0.5, 0.6) is 5.75 Å². The number of carbonyl (C=O) groups is 1. The molecular weight excluding hydrogens is 292 g/mol. The fraction of sp³-hybridized carbons (Fsp3) is 0.111. The third kappa shape index (κ3) is 2.30. The maximum atomic E-state index is 11.4. The number of nitrogens with zero attached hydrogens (tertiary/aromatic N) is 2. The summed E-state index contributed by atoms with van der Waals surface area (Å²) in [6.07, 6.45) is 1.91. The van der Waals surface area contributed by atoms with E-state index in [4.69, 9.17) is 4.74 Å². The van der Waals surface area contributed by atoms with Crippen molar-refractivity contribution in [3.63, 3.8) is 0 Å². The van der Waals surface area contributed by atoms with E-state index in [0.29, 0.717) is 16.9 Å². The van der Waals surface area contributed by atoms with Crippen molar-refractivity contribution in [2.75, 3.05) is 7.11 Å². The Balaban J connectivity index is 2.40. The zero-order valence-electron chi connectivity index (χ0n) is 12.7. The molecule has 5 nitrogen and oxygen atoms in total. The fourth-order valence-electron chi connectivity index (χ4n) is 2.80. The average Bonchev–Trinajstić information content (AvgIpc) is 2.94. The van der Waals surface area contributed by atoms with Crippen molar-refractivity contribution in [3.05, 3.63) is 53.7 Å². The van der Waals surface area contributed by atoms with Crippen LogP contribution in [0.25, 0.3) is 22.0 Å². The van der Waals surface area contributed by atoms with Gasteiger partial charge in [-0.05, 0) is 29.8 Å². The molecule has 0 aliphatic heterocycles. The molecule has 0 radical (unpaired) electrons. The van der Waals surface area contributed by atoms with Crippen molar-refractivity contribution >= 4 is 16.9 Å². The van der Waals surface area contributed by atoms with Crippen LogP contribution in [0.2, 0.25) is 0 Å². The number of rotatable bonds is 3. The van der Waals surface area contributed by atoms with Gasteiger partial charge in [-0.3, -0.25) is 0 Å². The Morgan fingerprint density at radius 3 is 2.70 bits per heavy atom. The number of ether oxygens (including phenoxy) is 1. The summed E-state index contributed by atoms with van der Waals surface area (Å²) in [5, 5.41) is 19.6. The molecule has 0 unspecified atom stereocenters. The van der Waals surface area contributed by atoms with Gasteiger partial charge >= 0.3 is 5.97 Å². The maximum Gasteiger partial charge on any atom is 0.339 e. The molecule has 0 spiro atoms. The maximum absolute atomic E-state index is 11.4. The second-order valence-electron chi connectivity index (χ2n) is 5.19. The van der Waals surface area contributed by atoms with Crippen LogP contribution >= 0.6 is 0 Å². The first kappa shape index (κ1) is 14.7. The van der Waals surface area contributed by atoms with Gasteiger partial charge in [0.1, 0.15) is 11.3 Å². The molecule has 1 heterocycles. The van der Waals surface area contributed by atoms with Gasteiger partial charge in [0.05, 0.1) is 18.7 Å². The van der Waals surface area contributed by atoms with Gasteiger partial charge in [-0.2, -0.15) is 5.26 Å². The Hall–Kier alpha value is -3.26. The van der Waals surface area contributed by atoms with Crippen molar-refractivity contribution in [1.82, 2.24) is 4.57 Å². The first-order chi connectivity index (χ1) is 11.1. The molecule has 0 amide bonds. The lowest BCUT2D eigenvalue weighted by molar-refractivity contribution is 0.0693. The van der Waals surface area contributed by atoms with Crippen molar-refractivity contribution in [1.29, 1.82) is 5.26 Å². The number of hydrogen-bond acceptors (Lipinski definition) is 3. The van der Waals surface area contributed by atoms with Crippen LogP contribution < -0.4 is 4.74 Å². The highest BCUT2D eigenvalue weighted by atomic mass is 16.5. The van der Waals surface area contributed by atoms with Gasteiger partial charge in [0.2, 0.25) is 0 Å². The molecule has 0 fully saturated rings. The minimum Gasteiger partial charge on any atom is -0.495 e. The van der Waals surface area contributed by atoms with Gasteiger partial charge in [0, 0.05) is 29.7 Å². The molecular formula is C18H14N2O3. The summed E-state index contributed by atoms with van der Waals surface area (Å²) in [6, 6.07) is 12.6. The van der Waals surface area contributed by atoms with E-state index < -0.39 is 5.97 Å². The lowest BCUT2D eigenvalue weighted by Crippen LogP contribution is -2.02. The summed E-state index contributed by atoms with van der Waals surface area (Å²) in [5.74, 6) is -0.760. The van der Waals surface area contributed by atoms with Crippen molar-refractivity contribution < 1.29 is 14.6 Å². The molecule has 114 valence electrons. The number of carboxylic acids is 1. The molecule has 0 saturated carbocycles. The first-order valence-corrected chi connectivity index (χ1v) is 6.96. The van der Waals surface area contributed by atoms with Crippen LogP contribution in [0.4, 0.5) is 0 Å². The molecule has 2 aromatic carbocycles. The van der Waals surface area contributed by atoms with E-state index in [-0.39, 0.29) is 5.56 Å². The SMILES string of the molecule is COc1c(C(=O)O)cccc1-c1cc(C#N)cc2c1ccn2C. The third-order valence-electron chi connectivity index (χ3n) is 3.87. The zero-order valence-corrected chi connectivity index (χ0v) is 12.7. The number of aromatic nitrogens is 1. The number of hydrogen-bond donors (Lipinski definition) is 1. The van der Waals surface area contributed by atoms with E-state index >= 15 is 0 Å². The number of methoxy groups -OCH3 is 1. The molecule has 0 aliphatic carbocycles. The minimum absolute atomic E-state index is 0.0939. The molecule has 0 aliphatic rings. The molecule has 3 aromatic rings. The zero-order chi connectivity index (χ0) is 16.6. The fourth-order valence-corrected chi connectivity index (χ4v) is 2.80. The third-order valence-corrected chi connectivity index (χ3v) is 3.87. The number of carboxylic acid groups (broad SMARTS) is 1. The Morgan fingerprint density at radius 1 is 1.26 bits per heavy atom. The lowest BCUT2D eigenvalue weighted by atomic mass is 9.96. The standard InChI is InChI=1S/C18H14N2O3/c1-20-7-6-12-15(8-11(10-19)9-16(12)20)13-4-3-5-14(18(21)22)17(13)23-2/h3-9H,1-2H3,(H,21,22). The van der Waals surface area contributed by atoms with Crippen molar-refractivity contribution in [3.8, 4) is 22.9 Å². The second-order valence-corrected chi connectivity index (χ2v) is 5.19. The number of benzene rings is 2. The predicted molar refractivity (Wildman–Crippen MR) is 86.6 cm³/mol. The quantitative estimate of drug-likeness (QED) is 0.804. The monoisotopic (exact) mass is 306 g/mol. The van der Waals surface area contributed by atoms with E-state index in [1.165, 1.54) is 13.2 Å². The van der Waals surface area contributed by atoms with Crippen molar-refractivity contribution in [2.45, 2.75) is 0 Å². The summed E-state index contributed by atoms with van der Waals surface area (Å²) in [4.78, 5) is 11.4. The number of para-hydroxylation sites is 1. The molecule has 1 aromatic heterocycles. The molecule has 3 rings (SSSR count). The molecule has 0 saturated heterocycles. The van der Waals surface area contributed by atoms with Crippen molar-refractivity contribution in [2.24, 2.45) is 7.05 Å². The Bertz CT molecular complexity index is 964. The average molecular weight is 306 g/mol. The Labute approximate surface area is 133 Å². The summed E-state index contributed by atoms with van der Waals surface area (Å²) >= 11 is 0. The van der Waals surface area contributed by atoms with Gasteiger partial charge in [-0.15, -0.1) is 0 Å². The topological polar surface area (TPSA) is 75.2 Å². The van der Waals surface area contributed by atoms with Gasteiger partial charge in [0.25, 0.3) is 0 Å². The van der Waals surface area contributed by atoms with E-state index in [1.54, 1.807) is 18.2 Å². The van der Waals surface area contributed by atoms with Crippen LogP contribution in [0.1, 0.15) is 15.9 Å². The van der Waals surface area contributed by atoms with Crippen LogP contribution in [-0.2, 0) is 7.05 Å². The highest BCUT2D eigenvalue weighted by Crippen LogP contribution is 2.38. The number of aryl methyl sites for hydroxylation is 1. The number of aromatic carboxylic acids is 1. The molecule has 0 atom stereocenters. The summed E-state index contributed by atoms with van der Waals surface area (Å²) < 4.78 is 7.27. The smallest absolute Gasteiger partial charge is 0.339 e. The molecule has 1 N–H and O–H groups in total. The van der Waals surface area contributed by atoms with Gasteiger partial charge < -0.3 is 14.4 Å². The van der Waals surface area contributed by atoms with E-state index in [2.05, 4.69) is 6.07 Å². The Kier molecular flexibility index (Phi) is 3.51. The predicted octanol–water partition coefficient (Wildman–Crippen LogP) is 3.42. The van der Waals surface area contributed by atoms with Crippen LogP contribution in [0, 0.1) is 11.3 Å². The summed E-state index contributed by atoms with van der Waals surface area (Å²) in [7, 11) is 3.35. The molecule has 5 heteroatoms. The molecule has 0 bridgehead atoms. The van der Waals surface area contributed by atoms with Gasteiger partial charge in [-0.1, -0.05) is 12.1 Å². The Morgan fingerprint density at radius 2 is 2.04 bits per heavy atom. The minimum atomic E-state index is -1.05. The van der Waals surface area contributed by atoms with Crippen LogP contribution in [-0.4, -0.2) is 22.8 Å². The second kappa shape index (κ2) is 5.50. The summed E-state index contributed by atoms with van der Waals surface area (Å²) in [6.45, 7) is 0. The number of nitriles is 1. The van der Waals surface area contributed by atoms with E-state index in [1.807, 2.05) is 29.9 Å². The highest BCUT2D eigenvalue weighted by Gasteiger charge is 2.18. The van der Waals surface area contributed by atoms with Crippen LogP contribution in [0.3, 0.4) is 0 Å². The van der Waals surface area contributed by atoms with E-state index in [9.17, 15) is 15.2 Å². The van der Waals surface area contributed by atoms with Crippen LogP contribution in [0.15, 0.2) is 42.6 Å². The highest BCUT2D eigenvalue weighted by molar-refractivity contribution is 6.01. The first-order valence-electron chi connectivity index (χ1n) is 6.96. The largest absolute Gasteiger partial charge is 0.495 e. The lowest BCUT2D eigenvalue weighted by Gasteiger charge is -2.13. The molecule has 23 heavy (non-hydrogen) atoms. The van der Waals surface area contributed by atoms with Gasteiger partial charge in [0.15, 0.2) is 0 Å². The summed E-state index contributed by atoms with van der Waals surface area (Å²) in [5.41, 5.74) is 2.94. The van der Waals surface area contributed by atoms with E-state index in [0.717, 1.165) is 16.5 Å².